The maximum Gasteiger partial charge on any atom is 0.127 e. The van der Waals surface area contributed by atoms with Gasteiger partial charge in [-0.25, -0.2) is 4.39 Å². The van der Waals surface area contributed by atoms with Crippen molar-refractivity contribution >= 4 is 0 Å². The van der Waals surface area contributed by atoms with Crippen molar-refractivity contribution in [2.24, 2.45) is 0 Å². The standard InChI is InChI=1S/C16H27FN2O/c1-4-18-16(14-8-6-7-9-15(14)17)10-11-19(3)12-13-20-5-2/h6-9,16,18H,4-5,10-13H2,1-3H3. The molecule has 1 unspecified atom stereocenters. The van der Waals surface area contributed by atoms with Crippen LogP contribution in [0.25, 0.3) is 0 Å². The third kappa shape index (κ3) is 5.99. The van der Waals surface area contributed by atoms with Gasteiger partial charge in [-0.3, -0.25) is 0 Å². The molecule has 0 aliphatic carbocycles. The van der Waals surface area contributed by atoms with Gasteiger partial charge in [0.2, 0.25) is 0 Å². The van der Waals surface area contributed by atoms with Gasteiger partial charge in [0.15, 0.2) is 0 Å². The lowest BCUT2D eigenvalue weighted by Gasteiger charge is -2.23. The summed E-state index contributed by atoms with van der Waals surface area (Å²) in [4.78, 5) is 2.22. The molecule has 1 rings (SSSR count). The van der Waals surface area contributed by atoms with E-state index in [1.165, 1.54) is 6.07 Å². The fourth-order valence-electron chi connectivity index (χ4n) is 2.20. The highest BCUT2D eigenvalue weighted by molar-refractivity contribution is 5.21. The van der Waals surface area contributed by atoms with Crippen LogP contribution in [-0.4, -0.2) is 44.8 Å². The minimum Gasteiger partial charge on any atom is -0.380 e. The summed E-state index contributed by atoms with van der Waals surface area (Å²) in [6.45, 7) is 8.21. The summed E-state index contributed by atoms with van der Waals surface area (Å²) in [7, 11) is 2.07. The first-order valence-electron chi connectivity index (χ1n) is 7.43. The third-order valence-electron chi connectivity index (χ3n) is 3.35. The minimum absolute atomic E-state index is 0.0655. The summed E-state index contributed by atoms with van der Waals surface area (Å²) >= 11 is 0. The average Bonchev–Trinajstić information content (AvgIpc) is 2.44. The zero-order chi connectivity index (χ0) is 14.8. The molecule has 4 heteroatoms. The fraction of sp³-hybridized carbons (Fsp3) is 0.625. The zero-order valence-electron chi connectivity index (χ0n) is 12.9. The van der Waals surface area contributed by atoms with Crippen LogP contribution >= 0.6 is 0 Å². The Labute approximate surface area is 122 Å². The molecule has 0 amide bonds. The highest BCUT2D eigenvalue weighted by Crippen LogP contribution is 2.20. The largest absolute Gasteiger partial charge is 0.380 e. The van der Waals surface area contributed by atoms with Gasteiger partial charge >= 0.3 is 0 Å². The number of nitrogens with one attached hydrogen (secondary N) is 1. The van der Waals surface area contributed by atoms with Gasteiger partial charge in [-0.2, -0.15) is 0 Å². The first-order valence-corrected chi connectivity index (χ1v) is 7.43. The molecule has 0 aliphatic rings. The van der Waals surface area contributed by atoms with Gasteiger partial charge in [0.25, 0.3) is 0 Å². The molecule has 1 atom stereocenters. The van der Waals surface area contributed by atoms with Gasteiger partial charge in [-0.15, -0.1) is 0 Å². The number of rotatable bonds is 10. The van der Waals surface area contributed by atoms with E-state index in [1.54, 1.807) is 6.07 Å². The topological polar surface area (TPSA) is 24.5 Å². The Morgan fingerprint density at radius 2 is 2.00 bits per heavy atom. The van der Waals surface area contributed by atoms with Crippen LogP contribution in [0.5, 0.6) is 0 Å². The first kappa shape index (κ1) is 17.1. The van der Waals surface area contributed by atoms with Gasteiger partial charge < -0.3 is 15.0 Å². The second kappa shape index (κ2) is 9.86. The Kier molecular flexibility index (Phi) is 8.42. The molecule has 0 bridgehead atoms. The number of hydrogen-bond donors (Lipinski definition) is 1. The zero-order valence-corrected chi connectivity index (χ0v) is 12.9. The van der Waals surface area contributed by atoms with Crippen molar-refractivity contribution in [1.82, 2.24) is 10.2 Å². The Balaban J connectivity index is 2.49. The highest BCUT2D eigenvalue weighted by atomic mass is 19.1. The van der Waals surface area contributed by atoms with E-state index < -0.39 is 0 Å². The molecule has 0 heterocycles. The maximum atomic E-state index is 13.9. The molecule has 0 saturated heterocycles. The number of benzene rings is 1. The minimum atomic E-state index is -0.129. The fourth-order valence-corrected chi connectivity index (χ4v) is 2.20. The first-order chi connectivity index (χ1) is 9.69. The van der Waals surface area contributed by atoms with Gasteiger partial charge in [0, 0.05) is 24.8 Å². The monoisotopic (exact) mass is 282 g/mol. The van der Waals surface area contributed by atoms with Gasteiger partial charge in [-0.05, 0) is 39.5 Å². The van der Waals surface area contributed by atoms with Crippen molar-refractivity contribution in [3.63, 3.8) is 0 Å². The molecule has 0 radical (unpaired) electrons. The summed E-state index contributed by atoms with van der Waals surface area (Å²) in [6.07, 6.45) is 0.886. The second-order valence-corrected chi connectivity index (χ2v) is 4.92. The van der Waals surface area contributed by atoms with Gasteiger partial charge in [0.1, 0.15) is 5.82 Å². The molecule has 114 valence electrons. The van der Waals surface area contributed by atoms with Crippen LogP contribution in [0.3, 0.4) is 0 Å². The van der Waals surface area contributed by atoms with Crippen LogP contribution in [0.4, 0.5) is 4.39 Å². The molecule has 1 N–H and O–H groups in total. The number of nitrogens with zero attached hydrogens (tertiary/aromatic N) is 1. The molecule has 0 spiro atoms. The van der Waals surface area contributed by atoms with E-state index in [2.05, 4.69) is 17.3 Å². The van der Waals surface area contributed by atoms with Crippen molar-refractivity contribution in [3.8, 4) is 0 Å². The molecule has 0 aromatic heterocycles. The SMILES string of the molecule is CCNC(CCN(C)CCOCC)c1ccccc1F. The second-order valence-electron chi connectivity index (χ2n) is 4.92. The van der Waals surface area contributed by atoms with Crippen molar-refractivity contribution in [2.45, 2.75) is 26.3 Å². The van der Waals surface area contributed by atoms with E-state index in [-0.39, 0.29) is 11.9 Å². The van der Waals surface area contributed by atoms with Crippen LogP contribution in [0.1, 0.15) is 31.9 Å². The predicted octanol–water partition coefficient (Wildman–Crippen LogP) is 2.83. The van der Waals surface area contributed by atoms with E-state index in [1.807, 2.05) is 26.0 Å². The Morgan fingerprint density at radius 1 is 1.25 bits per heavy atom. The maximum absolute atomic E-state index is 13.9. The quantitative estimate of drug-likeness (QED) is 0.668. The van der Waals surface area contributed by atoms with Crippen molar-refractivity contribution in [2.75, 3.05) is 39.9 Å². The van der Waals surface area contributed by atoms with Crippen molar-refractivity contribution < 1.29 is 9.13 Å². The normalized spacial score (nSPS) is 12.8. The molecule has 0 aliphatic heterocycles. The average molecular weight is 282 g/mol. The van der Waals surface area contributed by atoms with Crippen LogP contribution in [0.15, 0.2) is 24.3 Å². The van der Waals surface area contributed by atoms with Crippen LogP contribution in [0, 0.1) is 5.82 Å². The van der Waals surface area contributed by atoms with E-state index in [0.717, 1.165) is 44.8 Å². The lowest BCUT2D eigenvalue weighted by Crippen LogP contribution is -2.29. The van der Waals surface area contributed by atoms with Gasteiger partial charge in [0.05, 0.1) is 6.61 Å². The molecule has 0 fully saturated rings. The molecule has 3 nitrogen and oxygen atoms in total. The molecular formula is C16H27FN2O. The van der Waals surface area contributed by atoms with Crippen LogP contribution in [-0.2, 0) is 4.74 Å². The molecule has 20 heavy (non-hydrogen) atoms. The van der Waals surface area contributed by atoms with Crippen LogP contribution in [0.2, 0.25) is 0 Å². The lowest BCUT2D eigenvalue weighted by molar-refractivity contribution is 0.121. The summed E-state index contributed by atoms with van der Waals surface area (Å²) in [5.74, 6) is -0.129. The number of likely N-dealkylation sites (N-methyl/N-ethyl adjacent to an activating group) is 1. The van der Waals surface area contributed by atoms with E-state index in [9.17, 15) is 4.39 Å². The smallest absolute Gasteiger partial charge is 0.127 e. The number of ether oxygens (including phenoxy) is 1. The van der Waals surface area contributed by atoms with E-state index in [4.69, 9.17) is 4.74 Å². The number of halogens is 1. The predicted molar refractivity (Wildman–Crippen MR) is 81.4 cm³/mol. The summed E-state index contributed by atoms with van der Waals surface area (Å²) in [6, 6.07) is 7.08. The highest BCUT2D eigenvalue weighted by Gasteiger charge is 2.14. The van der Waals surface area contributed by atoms with Gasteiger partial charge in [-0.1, -0.05) is 25.1 Å². The molecule has 0 saturated carbocycles. The molecule has 1 aromatic rings. The molecule has 1 aromatic carbocycles. The summed E-state index contributed by atoms with van der Waals surface area (Å²) in [5, 5.41) is 3.36. The van der Waals surface area contributed by atoms with Crippen LogP contribution < -0.4 is 5.32 Å². The van der Waals surface area contributed by atoms with E-state index >= 15 is 0 Å². The van der Waals surface area contributed by atoms with E-state index in [0.29, 0.717) is 0 Å². The van der Waals surface area contributed by atoms with Crippen molar-refractivity contribution in [1.29, 1.82) is 0 Å². The molecular weight excluding hydrogens is 255 g/mol. The third-order valence-corrected chi connectivity index (χ3v) is 3.35. The van der Waals surface area contributed by atoms with Crippen molar-refractivity contribution in [3.05, 3.63) is 35.6 Å². The summed E-state index contributed by atoms with van der Waals surface area (Å²) in [5.41, 5.74) is 0.757. The summed E-state index contributed by atoms with van der Waals surface area (Å²) < 4.78 is 19.2. The Bertz CT molecular complexity index is 373. The Hall–Kier alpha value is -0.970. The number of hydrogen-bond acceptors (Lipinski definition) is 3. The lowest BCUT2D eigenvalue weighted by atomic mass is 10.0. The Morgan fingerprint density at radius 3 is 2.65 bits per heavy atom.